The van der Waals surface area contributed by atoms with Crippen LogP contribution in [0.25, 0.3) is 0 Å². The smallest absolute Gasteiger partial charge is 0.423 e. The Hall–Kier alpha value is -0.718. The van der Waals surface area contributed by atoms with Crippen molar-refractivity contribution in [2.24, 2.45) is 0 Å². The zero-order valence-corrected chi connectivity index (χ0v) is 9.88. The van der Waals surface area contributed by atoms with Gasteiger partial charge in [-0.15, -0.1) is 0 Å². The van der Waals surface area contributed by atoms with Crippen molar-refractivity contribution in [2.45, 2.75) is 19.6 Å². The van der Waals surface area contributed by atoms with Crippen molar-refractivity contribution in [3.8, 4) is 0 Å². The van der Waals surface area contributed by atoms with Crippen LogP contribution >= 0.6 is 0 Å². The summed E-state index contributed by atoms with van der Waals surface area (Å²) in [6.07, 6.45) is 0. The molecule has 82 valence electrons. The van der Waals surface area contributed by atoms with Crippen LogP contribution < -0.4 is 10.6 Å². The van der Waals surface area contributed by atoms with E-state index < -0.39 is 26.8 Å². The maximum Gasteiger partial charge on any atom is 0.488 e. The molecule has 0 aliphatic carbocycles. The molecule has 0 saturated heterocycles. The highest BCUT2D eigenvalue weighted by Gasteiger charge is 2.27. The summed E-state index contributed by atoms with van der Waals surface area (Å²) in [5.41, 5.74) is -0.160. The third-order valence-corrected chi connectivity index (χ3v) is 4.09. The van der Waals surface area contributed by atoms with Gasteiger partial charge in [0.25, 0.3) is 0 Å². The second-order valence-electron chi connectivity index (χ2n) is 4.48. The molecule has 0 unspecified atom stereocenters. The number of hydrogen-bond acceptors (Lipinski definition) is 2. The van der Waals surface area contributed by atoms with Gasteiger partial charge in [-0.25, -0.2) is 8.78 Å². The van der Waals surface area contributed by atoms with E-state index in [1.165, 1.54) is 0 Å². The normalized spacial score (nSPS) is 11.7. The summed E-state index contributed by atoms with van der Waals surface area (Å²) in [5.74, 6) is -1.39. The average molecular weight is 230 g/mol. The van der Waals surface area contributed by atoms with Gasteiger partial charge in [0.1, 0.15) is 11.6 Å². The van der Waals surface area contributed by atoms with Crippen molar-refractivity contribution in [2.75, 3.05) is 0 Å². The lowest BCUT2D eigenvalue weighted by molar-refractivity contribution is 0.425. The Kier molecular flexibility index (Phi) is 3.32. The first-order valence-corrected chi connectivity index (χ1v) is 8.09. The lowest BCUT2D eigenvalue weighted by atomic mass is 9.80. The van der Waals surface area contributed by atoms with E-state index in [0.717, 1.165) is 12.1 Å². The maximum absolute atomic E-state index is 13.5. The third kappa shape index (κ3) is 2.64. The van der Waals surface area contributed by atoms with Crippen molar-refractivity contribution < 1.29 is 18.8 Å². The molecule has 0 radical (unpaired) electrons. The SMILES string of the molecule is C[Si](C)(C)c1c(F)cc(B(O)O)cc1F. The van der Waals surface area contributed by atoms with E-state index in [9.17, 15) is 8.78 Å². The number of benzene rings is 1. The highest BCUT2D eigenvalue weighted by atomic mass is 28.3. The first-order chi connectivity index (χ1) is 6.73. The average Bonchev–Trinajstić information content (AvgIpc) is 1.99. The van der Waals surface area contributed by atoms with Crippen LogP contribution in [0.3, 0.4) is 0 Å². The van der Waals surface area contributed by atoms with Gasteiger partial charge in [-0.05, 0) is 17.6 Å². The molecule has 0 heterocycles. The van der Waals surface area contributed by atoms with Gasteiger partial charge in [0, 0.05) is 5.19 Å². The second kappa shape index (κ2) is 4.04. The Bertz CT molecular complexity index is 354. The van der Waals surface area contributed by atoms with Gasteiger partial charge in [-0.2, -0.15) is 0 Å². The second-order valence-corrected chi connectivity index (χ2v) is 9.48. The van der Waals surface area contributed by atoms with Crippen LogP contribution in [0.15, 0.2) is 12.1 Å². The van der Waals surface area contributed by atoms with Crippen molar-refractivity contribution in [3.05, 3.63) is 23.8 Å². The highest BCUT2D eigenvalue weighted by molar-refractivity contribution is 6.88. The van der Waals surface area contributed by atoms with E-state index in [2.05, 4.69) is 0 Å². The van der Waals surface area contributed by atoms with Gasteiger partial charge in [0.2, 0.25) is 0 Å². The third-order valence-electron chi connectivity index (χ3n) is 2.11. The first-order valence-electron chi connectivity index (χ1n) is 4.59. The van der Waals surface area contributed by atoms with E-state index in [-0.39, 0.29) is 10.6 Å². The molecule has 6 heteroatoms. The summed E-state index contributed by atoms with van der Waals surface area (Å²) in [6.45, 7) is 5.47. The fraction of sp³-hybridized carbons (Fsp3) is 0.333. The minimum absolute atomic E-state index is 0.0897. The number of halogens is 2. The molecule has 1 rings (SSSR count). The summed E-state index contributed by atoms with van der Waals surface area (Å²) in [4.78, 5) is 0. The lowest BCUT2D eigenvalue weighted by Crippen LogP contribution is -2.45. The monoisotopic (exact) mass is 230 g/mol. The number of hydrogen-bond donors (Lipinski definition) is 2. The molecule has 0 fully saturated rings. The Balaban J connectivity index is 3.34. The minimum Gasteiger partial charge on any atom is -0.423 e. The Labute approximate surface area is 88.7 Å². The van der Waals surface area contributed by atoms with Crippen LogP contribution in [0, 0.1) is 11.6 Å². The predicted molar refractivity (Wildman–Crippen MR) is 59.2 cm³/mol. The van der Waals surface area contributed by atoms with Crippen molar-refractivity contribution >= 4 is 25.8 Å². The zero-order valence-electron chi connectivity index (χ0n) is 8.88. The van der Waals surface area contributed by atoms with Crippen LogP contribution in [0.2, 0.25) is 19.6 Å². The molecule has 1 aromatic rings. The molecule has 0 aromatic heterocycles. The predicted octanol–water partition coefficient (Wildman–Crippen LogP) is 0.190. The summed E-state index contributed by atoms with van der Waals surface area (Å²) < 4.78 is 27.1. The lowest BCUT2D eigenvalue weighted by Gasteiger charge is -2.19. The van der Waals surface area contributed by atoms with E-state index in [1.54, 1.807) is 0 Å². The van der Waals surface area contributed by atoms with E-state index in [0.29, 0.717) is 0 Å². The van der Waals surface area contributed by atoms with Crippen molar-refractivity contribution in [1.29, 1.82) is 0 Å². The first kappa shape index (κ1) is 12.4. The van der Waals surface area contributed by atoms with Gasteiger partial charge in [0.05, 0.1) is 8.07 Å². The molecule has 0 aliphatic rings. The maximum atomic E-state index is 13.5. The van der Waals surface area contributed by atoms with Crippen molar-refractivity contribution in [1.82, 2.24) is 0 Å². The molecule has 0 bridgehead atoms. The van der Waals surface area contributed by atoms with Crippen LogP contribution in [-0.4, -0.2) is 25.2 Å². The molecule has 2 N–H and O–H groups in total. The topological polar surface area (TPSA) is 40.5 Å². The van der Waals surface area contributed by atoms with Gasteiger partial charge in [-0.3, -0.25) is 0 Å². The standard InChI is InChI=1S/C9H13BF2O2Si/c1-15(2,3)9-7(11)4-6(10(13)14)5-8(9)12/h4-5,13-14H,1-3H3. The molecule has 1 aromatic carbocycles. The highest BCUT2D eigenvalue weighted by Crippen LogP contribution is 2.08. The molecule has 0 atom stereocenters. The van der Waals surface area contributed by atoms with Crippen LogP contribution in [0.1, 0.15) is 0 Å². The number of rotatable bonds is 2. The summed E-state index contributed by atoms with van der Waals surface area (Å²) in [5, 5.41) is 17.7. The van der Waals surface area contributed by atoms with Gasteiger partial charge in [-0.1, -0.05) is 19.6 Å². The Morgan fingerprint density at radius 3 is 1.73 bits per heavy atom. The van der Waals surface area contributed by atoms with Crippen LogP contribution in [-0.2, 0) is 0 Å². The van der Waals surface area contributed by atoms with E-state index in [1.807, 2.05) is 19.6 Å². The summed E-state index contributed by atoms with van der Waals surface area (Å²) in [7, 11) is -3.94. The van der Waals surface area contributed by atoms with Crippen LogP contribution in [0.4, 0.5) is 8.78 Å². The van der Waals surface area contributed by atoms with Gasteiger partial charge in [0.15, 0.2) is 0 Å². The fourth-order valence-corrected chi connectivity index (χ4v) is 3.04. The quantitative estimate of drug-likeness (QED) is 0.712. The molecule has 0 spiro atoms. The molecule has 15 heavy (non-hydrogen) atoms. The molecule has 0 amide bonds. The zero-order chi connectivity index (χ0) is 11.8. The molecule has 2 nitrogen and oxygen atoms in total. The van der Waals surface area contributed by atoms with E-state index >= 15 is 0 Å². The van der Waals surface area contributed by atoms with Crippen molar-refractivity contribution in [3.63, 3.8) is 0 Å². The Morgan fingerprint density at radius 2 is 1.47 bits per heavy atom. The van der Waals surface area contributed by atoms with Gasteiger partial charge >= 0.3 is 7.12 Å². The largest absolute Gasteiger partial charge is 0.488 e. The molecule has 0 saturated carbocycles. The Morgan fingerprint density at radius 1 is 1.07 bits per heavy atom. The molecule has 0 aliphatic heterocycles. The fourth-order valence-electron chi connectivity index (χ4n) is 1.46. The molecular formula is C9H13BF2O2Si. The molecular weight excluding hydrogens is 217 g/mol. The summed E-state index contributed by atoms with van der Waals surface area (Å²) >= 11 is 0. The van der Waals surface area contributed by atoms with Crippen LogP contribution in [0.5, 0.6) is 0 Å². The minimum atomic E-state index is -2.09. The van der Waals surface area contributed by atoms with Gasteiger partial charge < -0.3 is 10.0 Å². The van der Waals surface area contributed by atoms with E-state index in [4.69, 9.17) is 10.0 Å². The summed E-state index contributed by atoms with van der Waals surface area (Å²) in [6, 6.07) is 1.95.